The van der Waals surface area contributed by atoms with Gasteiger partial charge in [-0.1, -0.05) is 17.8 Å². The number of rotatable bonds is 6. The molecule has 6 nitrogen and oxygen atoms in total. The van der Waals surface area contributed by atoms with Crippen LogP contribution in [0.25, 0.3) is 11.4 Å². The van der Waals surface area contributed by atoms with Crippen molar-refractivity contribution in [3.05, 3.63) is 36.9 Å². The molecule has 2 aromatic rings. The fourth-order valence-electron chi connectivity index (χ4n) is 2.33. The topological polar surface area (TPSA) is 66.2 Å². The molecule has 3 rings (SSSR count). The third kappa shape index (κ3) is 3.24. The Balaban J connectivity index is 1.90. The molecule has 0 unspecified atom stereocenters. The Morgan fingerprint density at radius 1 is 1.43 bits per heavy atom. The number of allylic oxidation sites excluding steroid dienone is 1. The second-order valence-electron chi connectivity index (χ2n) is 5.00. The number of cyclic esters (lactones) is 1. The van der Waals surface area contributed by atoms with Gasteiger partial charge in [-0.2, -0.15) is 0 Å². The van der Waals surface area contributed by atoms with E-state index in [0.29, 0.717) is 24.7 Å². The van der Waals surface area contributed by atoms with Crippen LogP contribution in [0, 0.1) is 0 Å². The van der Waals surface area contributed by atoms with Crippen LogP contribution in [0.1, 0.15) is 6.42 Å². The van der Waals surface area contributed by atoms with Crippen LogP contribution in [-0.2, 0) is 16.1 Å². The molecule has 0 spiro atoms. The molecule has 0 saturated carbocycles. The van der Waals surface area contributed by atoms with Gasteiger partial charge in [-0.15, -0.1) is 16.8 Å². The molecule has 1 saturated heterocycles. The smallest absolute Gasteiger partial charge is 0.319 e. The molecule has 1 aromatic carbocycles. The molecular formula is C16H17N3O3S. The van der Waals surface area contributed by atoms with Crippen LogP contribution in [0.4, 0.5) is 0 Å². The summed E-state index contributed by atoms with van der Waals surface area (Å²) in [6.45, 7) is 4.83. The standard InChI is InChI=1S/C16H17N3O3S/c1-3-9-19-14(11-4-6-12(21-2)7-5-11)17-18-16(19)23-13-8-10-22-15(13)20/h3-7,13H,1,8-10H2,2H3/t13-/m0/s1. The van der Waals surface area contributed by atoms with Gasteiger partial charge >= 0.3 is 5.97 Å². The van der Waals surface area contributed by atoms with Crippen molar-refractivity contribution in [3.63, 3.8) is 0 Å². The third-order valence-electron chi connectivity index (χ3n) is 3.51. The molecule has 1 atom stereocenters. The van der Waals surface area contributed by atoms with Gasteiger partial charge in [0.15, 0.2) is 11.0 Å². The van der Waals surface area contributed by atoms with Crippen LogP contribution in [-0.4, -0.2) is 39.7 Å². The molecule has 1 fully saturated rings. The molecule has 0 aliphatic carbocycles. The van der Waals surface area contributed by atoms with Crippen LogP contribution in [0.5, 0.6) is 5.75 Å². The van der Waals surface area contributed by atoms with E-state index in [2.05, 4.69) is 16.8 Å². The van der Waals surface area contributed by atoms with E-state index >= 15 is 0 Å². The maximum atomic E-state index is 11.7. The predicted octanol–water partition coefficient (Wildman–Crippen LogP) is 2.55. The SMILES string of the molecule is C=CCn1c(S[C@H]2CCOC2=O)nnc1-c1ccc(OC)cc1. The Bertz CT molecular complexity index is 712. The Kier molecular flexibility index (Phi) is 4.66. The molecule has 0 N–H and O–H groups in total. The first-order valence-electron chi connectivity index (χ1n) is 7.24. The first-order chi connectivity index (χ1) is 11.2. The molecule has 2 heterocycles. The fraction of sp³-hybridized carbons (Fsp3) is 0.312. The number of carbonyl (C=O) groups excluding carboxylic acids is 1. The Morgan fingerprint density at radius 3 is 2.83 bits per heavy atom. The highest BCUT2D eigenvalue weighted by atomic mass is 32.2. The average molecular weight is 331 g/mol. The van der Waals surface area contributed by atoms with Crippen LogP contribution in [0.15, 0.2) is 42.1 Å². The number of hydrogen-bond donors (Lipinski definition) is 0. The maximum absolute atomic E-state index is 11.7. The summed E-state index contributed by atoms with van der Waals surface area (Å²) in [6, 6.07) is 7.62. The first-order valence-corrected chi connectivity index (χ1v) is 8.12. The van der Waals surface area contributed by atoms with Crippen molar-refractivity contribution < 1.29 is 14.3 Å². The number of methoxy groups -OCH3 is 1. The van der Waals surface area contributed by atoms with Crippen LogP contribution in [0.2, 0.25) is 0 Å². The van der Waals surface area contributed by atoms with Crippen molar-refractivity contribution in [2.45, 2.75) is 23.4 Å². The lowest BCUT2D eigenvalue weighted by atomic mass is 10.2. The molecular weight excluding hydrogens is 314 g/mol. The Hall–Kier alpha value is -2.28. The molecule has 7 heteroatoms. The Labute approximate surface area is 138 Å². The van der Waals surface area contributed by atoms with E-state index in [0.717, 1.165) is 17.1 Å². The van der Waals surface area contributed by atoms with Gasteiger partial charge < -0.3 is 9.47 Å². The van der Waals surface area contributed by atoms with Crippen molar-refractivity contribution in [1.29, 1.82) is 0 Å². The lowest BCUT2D eigenvalue weighted by molar-refractivity contribution is -0.137. The summed E-state index contributed by atoms with van der Waals surface area (Å²) < 4.78 is 12.1. The number of thioether (sulfide) groups is 1. The second kappa shape index (κ2) is 6.87. The molecule has 120 valence electrons. The van der Waals surface area contributed by atoms with Gasteiger partial charge in [-0.25, -0.2) is 0 Å². The van der Waals surface area contributed by atoms with Crippen LogP contribution >= 0.6 is 11.8 Å². The number of esters is 1. The molecule has 0 amide bonds. The number of nitrogens with zero attached hydrogens (tertiary/aromatic N) is 3. The third-order valence-corrected chi connectivity index (χ3v) is 4.74. The van der Waals surface area contributed by atoms with E-state index in [-0.39, 0.29) is 11.2 Å². The monoisotopic (exact) mass is 331 g/mol. The van der Waals surface area contributed by atoms with E-state index in [1.54, 1.807) is 13.2 Å². The van der Waals surface area contributed by atoms with Crippen LogP contribution < -0.4 is 4.74 Å². The number of ether oxygens (including phenoxy) is 2. The maximum Gasteiger partial charge on any atom is 0.319 e. The highest BCUT2D eigenvalue weighted by molar-refractivity contribution is 8.00. The molecule has 0 radical (unpaired) electrons. The largest absolute Gasteiger partial charge is 0.497 e. The van der Waals surface area contributed by atoms with E-state index in [1.807, 2.05) is 28.8 Å². The summed E-state index contributed by atoms with van der Waals surface area (Å²) in [4.78, 5) is 11.7. The van der Waals surface area contributed by atoms with E-state index in [9.17, 15) is 4.79 Å². The predicted molar refractivity (Wildman–Crippen MR) is 87.4 cm³/mol. The van der Waals surface area contributed by atoms with E-state index in [1.165, 1.54) is 11.8 Å². The zero-order valence-electron chi connectivity index (χ0n) is 12.8. The van der Waals surface area contributed by atoms with Gasteiger partial charge in [0.1, 0.15) is 11.0 Å². The van der Waals surface area contributed by atoms with Crippen molar-refractivity contribution >= 4 is 17.7 Å². The van der Waals surface area contributed by atoms with Crippen molar-refractivity contribution in [2.75, 3.05) is 13.7 Å². The normalized spacial score (nSPS) is 17.1. The van der Waals surface area contributed by atoms with Gasteiger partial charge in [-0.3, -0.25) is 9.36 Å². The van der Waals surface area contributed by atoms with Crippen molar-refractivity contribution in [2.24, 2.45) is 0 Å². The van der Waals surface area contributed by atoms with E-state index < -0.39 is 0 Å². The zero-order chi connectivity index (χ0) is 16.2. The number of hydrogen-bond acceptors (Lipinski definition) is 6. The lowest BCUT2D eigenvalue weighted by Gasteiger charge is -2.09. The second-order valence-corrected chi connectivity index (χ2v) is 6.17. The minimum Gasteiger partial charge on any atom is -0.497 e. The quantitative estimate of drug-likeness (QED) is 0.599. The van der Waals surface area contributed by atoms with Gasteiger partial charge in [0, 0.05) is 18.5 Å². The Morgan fingerprint density at radius 2 is 2.22 bits per heavy atom. The lowest BCUT2D eigenvalue weighted by Crippen LogP contribution is -2.11. The van der Waals surface area contributed by atoms with Crippen LogP contribution in [0.3, 0.4) is 0 Å². The molecule has 1 aliphatic rings. The summed E-state index contributed by atoms with van der Waals surface area (Å²) in [5.41, 5.74) is 0.931. The van der Waals surface area contributed by atoms with Gasteiger partial charge in [-0.05, 0) is 24.3 Å². The van der Waals surface area contributed by atoms with Gasteiger partial charge in [0.05, 0.1) is 13.7 Å². The number of carbonyl (C=O) groups is 1. The minimum atomic E-state index is -0.216. The van der Waals surface area contributed by atoms with Crippen molar-refractivity contribution in [1.82, 2.24) is 14.8 Å². The minimum absolute atomic E-state index is 0.186. The fourth-order valence-corrected chi connectivity index (χ4v) is 3.34. The molecule has 1 aromatic heterocycles. The first kappa shape index (κ1) is 15.6. The highest BCUT2D eigenvalue weighted by Crippen LogP contribution is 2.31. The number of benzene rings is 1. The zero-order valence-corrected chi connectivity index (χ0v) is 13.6. The van der Waals surface area contributed by atoms with Gasteiger partial charge in [0.2, 0.25) is 0 Å². The molecule has 1 aliphatic heterocycles. The summed E-state index contributed by atoms with van der Waals surface area (Å²) >= 11 is 1.39. The summed E-state index contributed by atoms with van der Waals surface area (Å²) in [6.07, 6.45) is 2.48. The summed E-state index contributed by atoms with van der Waals surface area (Å²) in [5, 5.41) is 9.00. The highest BCUT2D eigenvalue weighted by Gasteiger charge is 2.29. The van der Waals surface area contributed by atoms with Crippen molar-refractivity contribution in [3.8, 4) is 17.1 Å². The number of aromatic nitrogens is 3. The van der Waals surface area contributed by atoms with Gasteiger partial charge in [0.25, 0.3) is 0 Å². The average Bonchev–Trinajstić information content (AvgIpc) is 3.16. The summed E-state index contributed by atoms with van der Waals surface area (Å²) in [5.74, 6) is 1.34. The van der Waals surface area contributed by atoms with E-state index in [4.69, 9.17) is 9.47 Å². The summed E-state index contributed by atoms with van der Waals surface area (Å²) in [7, 11) is 1.63. The molecule has 23 heavy (non-hydrogen) atoms. The molecule has 0 bridgehead atoms.